The minimum atomic E-state index is -4.72. The molecule has 6 heteroatoms. The molecule has 0 aliphatic heterocycles. The number of para-hydroxylation sites is 2. The maximum absolute atomic E-state index is 12.0. The molecule has 0 saturated carbocycles. The average molecular weight is 255 g/mol. The summed E-state index contributed by atoms with van der Waals surface area (Å²) in [7, 11) is 0. The summed E-state index contributed by atoms with van der Waals surface area (Å²) in [5, 5.41) is 0. The zero-order valence-corrected chi connectivity index (χ0v) is 9.02. The standard InChI is InChI=1S/C10H10ClF3O2/c11-6-3-7-15-8-4-1-2-5-9(8)16-10(12,13)14/h1-2,4-5H,3,6-7H2. The first kappa shape index (κ1) is 13.0. The number of hydrogen-bond donors (Lipinski definition) is 0. The van der Waals surface area contributed by atoms with Crippen molar-refractivity contribution in [3.8, 4) is 11.5 Å². The van der Waals surface area contributed by atoms with E-state index >= 15 is 0 Å². The Morgan fingerprint density at radius 2 is 1.75 bits per heavy atom. The molecule has 0 amide bonds. The number of benzene rings is 1. The maximum atomic E-state index is 12.0. The molecule has 0 atom stereocenters. The van der Waals surface area contributed by atoms with Gasteiger partial charge in [0.1, 0.15) is 0 Å². The minimum absolute atomic E-state index is 0.0601. The second-order valence-electron chi connectivity index (χ2n) is 2.89. The van der Waals surface area contributed by atoms with Gasteiger partial charge in [0, 0.05) is 5.88 Å². The zero-order valence-electron chi connectivity index (χ0n) is 8.26. The van der Waals surface area contributed by atoms with E-state index in [9.17, 15) is 13.2 Å². The van der Waals surface area contributed by atoms with Crippen molar-refractivity contribution >= 4 is 11.6 Å². The molecule has 0 bridgehead atoms. The van der Waals surface area contributed by atoms with E-state index < -0.39 is 6.36 Å². The lowest BCUT2D eigenvalue weighted by Crippen LogP contribution is -2.17. The average Bonchev–Trinajstić information content (AvgIpc) is 2.19. The van der Waals surface area contributed by atoms with Crippen molar-refractivity contribution in [2.45, 2.75) is 12.8 Å². The Balaban J connectivity index is 2.68. The molecule has 0 aliphatic rings. The first-order valence-corrected chi connectivity index (χ1v) is 5.10. The van der Waals surface area contributed by atoms with Gasteiger partial charge in [-0.25, -0.2) is 0 Å². The largest absolute Gasteiger partial charge is 0.573 e. The maximum Gasteiger partial charge on any atom is 0.573 e. The van der Waals surface area contributed by atoms with Crippen molar-refractivity contribution in [3.63, 3.8) is 0 Å². The summed E-state index contributed by atoms with van der Waals surface area (Å²) in [5.41, 5.74) is 0. The van der Waals surface area contributed by atoms with Gasteiger partial charge in [0.15, 0.2) is 11.5 Å². The molecule has 2 nitrogen and oxygen atoms in total. The summed E-state index contributed by atoms with van der Waals surface area (Å²) in [5.74, 6) is 0.108. The summed E-state index contributed by atoms with van der Waals surface area (Å²) in [4.78, 5) is 0. The summed E-state index contributed by atoms with van der Waals surface area (Å²) in [6, 6.07) is 5.62. The minimum Gasteiger partial charge on any atom is -0.490 e. The lowest BCUT2D eigenvalue weighted by molar-refractivity contribution is -0.275. The highest BCUT2D eigenvalue weighted by Gasteiger charge is 2.32. The van der Waals surface area contributed by atoms with Crippen LogP contribution < -0.4 is 9.47 Å². The van der Waals surface area contributed by atoms with Crippen LogP contribution in [0.4, 0.5) is 13.2 Å². The highest BCUT2D eigenvalue weighted by molar-refractivity contribution is 6.17. The third-order valence-electron chi connectivity index (χ3n) is 1.61. The van der Waals surface area contributed by atoms with Gasteiger partial charge in [-0.15, -0.1) is 24.8 Å². The van der Waals surface area contributed by atoms with Gasteiger partial charge in [-0.1, -0.05) is 12.1 Å². The number of halogens is 4. The van der Waals surface area contributed by atoms with E-state index in [0.717, 1.165) is 0 Å². The van der Waals surface area contributed by atoms with Crippen LogP contribution in [-0.2, 0) is 0 Å². The Labute approximate surface area is 95.9 Å². The van der Waals surface area contributed by atoms with Crippen LogP contribution in [0.3, 0.4) is 0 Å². The van der Waals surface area contributed by atoms with Crippen LogP contribution in [0, 0.1) is 0 Å². The molecule has 0 fully saturated rings. The van der Waals surface area contributed by atoms with Crippen LogP contribution in [0.25, 0.3) is 0 Å². The molecule has 0 radical (unpaired) electrons. The lowest BCUT2D eigenvalue weighted by Gasteiger charge is -2.13. The molecule has 0 spiro atoms. The molecular weight excluding hydrogens is 245 g/mol. The predicted molar refractivity (Wildman–Crippen MR) is 54.0 cm³/mol. The Morgan fingerprint density at radius 3 is 2.31 bits per heavy atom. The topological polar surface area (TPSA) is 18.5 Å². The van der Waals surface area contributed by atoms with E-state index in [-0.39, 0.29) is 18.1 Å². The van der Waals surface area contributed by atoms with Gasteiger partial charge in [-0.05, 0) is 18.6 Å². The van der Waals surface area contributed by atoms with Crippen molar-refractivity contribution in [2.75, 3.05) is 12.5 Å². The van der Waals surface area contributed by atoms with Crippen molar-refractivity contribution in [1.82, 2.24) is 0 Å². The van der Waals surface area contributed by atoms with Gasteiger partial charge in [0.2, 0.25) is 0 Å². The van der Waals surface area contributed by atoms with E-state index in [1.165, 1.54) is 18.2 Å². The lowest BCUT2D eigenvalue weighted by atomic mass is 10.3. The fourth-order valence-corrected chi connectivity index (χ4v) is 1.12. The summed E-state index contributed by atoms with van der Waals surface area (Å²) >= 11 is 5.42. The summed E-state index contributed by atoms with van der Waals surface area (Å²) in [6.45, 7) is 0.252. The molecule has 0 aromatic heterocycles. The highest BCUT2D eigenvalue weighted by atomic mass is 35.5. The van der Waals surface area contributed by atoms with Crippen LogP contribution in [0.5, 0.6) is 11.5 Å². The molecule has 90 valence electrons. The number of rotatable bonds is 5. The van der Waals surface area contributed by atoms with E-state index in [1.807, 2.05) is 0 Å². The molecule has 0 N–H and O–H groups in total. The molecule has 0 saturated heterocycles. The Bertz CT molecular complexity index is 328. The van der Waals surface area contributed by atoms with Gasteiger partial charge in [0.25, 0.3) is 0 Å². The van der Waals surface area contributed by atoms with E-state index in [4.69, 9.17) is 16.3 Å². The van der Waals surface area contributed by atoms with Crippen LogP contribution in [0.1, 0.15) is 6.42 Å². The van der Waals surface area contributed by atoms with E-state index in [2.05, 4.69) is 4.74 Å². The van der Waals surface area contributed by atoms with Gasteiger partial charge < -0.3 is 9.47 Å². The fraction of sp³-hybridized carbons (Fsp3) is 0.400. The molecule has 0 heterocycles. The quantitative estimate of drug-likeness (QED) is 0.590. The SMILES string of the molecule is FC(F)(F)Oc1ccccc1OCCCCl. The monoisotopic (exact) mass is 254 g/mol. The first-order valence-electron chi connectivity index (χ1n) is 4.56. The molecule has 16 heavy (non-hydrogen) atoms. The Hall–Kier alpha value is -1.10. The third kappa shape index (κ3) is 4.61. The van der Waals surface area contributed by atoms with Gasteiger partial charge in [0.05, 0.1) is 6.61 Å². The van der Waals surface area contributed by atoms with Gasteiger partial charge in [-0.2, -0.15) is 0 Å². The van der Waals surface area contributed by atoms with Crippen molar-refractivity contribution in [1.29, 1.82) is 0 Å². The fourth-order valence-electron chi connectivity index (χ4n) is 1.02. The van der Waals surface area contributed by atoms with Crippen molar-refractivity contribution < 1.29 is 22.6 Å². The molecule has 1 aromatic rings. The Kier molecular flexibility index (Phi) is 4.73. The molecular formula is C10H10ClF3O2. The Morgan fingerprint density at radius 1 is 1.12 bits per heavy atom. The van der Waals surface area contributed by atoms with Crippen LogP contribution in [0.15, 0.2) is 24.3 Å². The first-order chi connectivity index (χ1) is 7.53. The third-order valence-corrected chi connectivity index (χ3v) is 1.88. The van der Waals surface area contributed by atoms with Crippen LogP contribution >= 0.6 is 11.6 Å². The molecule has 1 aromatic carbocycles. The number of alkyl halides is 4. The van der Waals surface area contributed by atoms with Crippen LogP contribution in [0.2, 0.25) is 0 Å². The molecule has 1 rings (SSSR count). The smallest absolute Gasteiger partial charge is 0.490 e. The van der Waals surface area contributed by atoms with Crippen LogP contribution in [-0.4, -0.2) is 18.8 Å². The normalized spacial score (nSPS) is 11.2. The van der Waals surface area contributed by atoms with Crippen molar-refractivity contribution in [3.05, 3.63) is 24.3 Å². The zero-order chi connectivity index (χ0) is 12.0. The summed E-state index contributed by atoms with van der Waals surface area (Å²) < 4.78 is 45.0. The highest BCUT2D eigenvalue weighted by Crippen LogP contribution is 2.31. The molecule has 0 unspecified atom stereocenters. The number of ether oxygens (including phenoxy) is 2. The number of hydrogen-bond acceptors (Lipinski definition) is 2. The van der Waals surface area contributed by atoms with Gasteiger partial charge in [-0.3, -0.25) is 0 Å². The predicted octanol–water partition coefficient (Wildman–Crippen LogP) is 3.59. The second kappa shape index (κ2) is 5.84. The van der Waals surface area contributed by atoms with E-state index in [1.54, 1.807) is 6.07 Å². The van der Waals surface area contributed by atoms with Crippen molar-refractivity contribution in [2.24, 2.45) is 0 Å². The van der Waals surface area contributed by atoms with Gasteiger partial charge >= 0.3 is 6.36 Å². The summed E-state index contributed by atoms with van der Waals surface area (Å²) in [6.07, 6.45) is -4.16. The van der Waals surface area contributed by atoms with E-state index in [0.29, 0.717) is 12.3 Å². The molecule has 0 aliphatic carbocycles. The second-order valence-corrected chi connectivity index (χ2v) is 3.26.